The number of carbonyl (C=O) groups excluding carboxylic acids is 1. The molecule has 3 heterocycles. The SMILES string of the molecule is Cc1cc(C)nc([C@@H]2CCN(C(=O)Cc3ccsc3)C2)n1. The Bertz CT molecular complexity index is 619. The highest BCUT2D eigenvalue weighted by atomic mass is 32.1. The third-order valence-corrected chi connectivity index (χ3v) is 4.57. The average molecular weight is 301 g/mol. The lowest BCUT2D eigenvalue weighted by Crippen LogP contribution is -2.30. The van der Waals surface area contributed by atoms with Crippen molar-refractivity contribution in [3.63, 3.8) is 0 Å². The van der Waals surface area contributed by atoms with Crippen molar-refractivity contribution >= 4 is 17.2 Å². The number of likely N-dealkylation sites (tertiary alicyclic amines) is 1. The van der Waals surface area contributed by atoms with E-state index in [1.807, 2.05) is 41.6 Å². The minimum Gasteiger partial charge on any atom is -0.342 e. The van der Waals surface area contributed by atoms with Crippen molar-refractivity contribution in [2.75, 3.05) is 13.1 Å². The first kappa shape index (κ1) is 14.2. The Morgan fingerprint density at radius 2 is 2.14 bits per heavy atom. The van der Waals surface area contributed by atoms with Gasteiger partial charge >= 0.3 is 0 Å². The van der Waals surface area contributed by atoms with Crippen LogP contribution in [0.5, 0.6) is 0 Å². The second-order valence-corrected chi connectivity index (χ2v) is 6.42. The first-order valence-corrected chi connectivity index (χ1v) is 8.17. The molecular weight excluding hydrogens is 282 g/mol. The van der Waals surface area contributed by atoms with Gasteiger partial charge in [-0.2, -0.15) is 11.3 Å². The number of rotatable bonds is 3. The molecule has 0 spiro atoms. The minimum atomic E-state index is 0.209. The molecule has 0 unspecified atom stereocenters. The summed E-state index contributed by atoms with van der Waals surface area (Å²) in [5.74, 6) is 1.37. The van der Waals surface area contributed by atoms with Crippen molar-refractivity contribution in [2.45, 2.75) is 32.6 Å². The third kappa shape index (κ3) is 3.29. The molecular formula is C16H19N3OS. The summed E-state index contributed by atoms with van der Waals surface area (Å²) in [6.45, 7) is 5.54. The zero-order chi connectivity index (χ0) is 14.8. The van der Waals surface area contributed by atoms with Gasteiger partial charge in [-0.05, 0) is 48.7 Å². The van der Waals surface area contributed by atoms with Crippen LogP contribution in [0.2, 0.25) is 0 Å². The number of thiophene rings is 1. The molecule has 0 saturated carbocycles. The second-order valence-electron chi connectivity index (χ2n) is 5.64. The zero-order valence-corrected chi connectivity index (χ0v) is 13.2. The van der Waals surface area contributed by atoms with Gasteiger partial charge in [0.05, 0.1) is 6.42 Å². The molecule has 5 heteroatoms. The Morgan fingerprint density at radius 1 is 1.38 bits per heavy atom. The number of hydrogen-bond donors (Lipinski definition) is 0. The fraction of sp³-hybridized carbons (Fsp3) is 0.438. The first-order chi connectivity index (χ1) is 10.1. The average Bonchev–Trinajstić information content (AvgIpc) is 3.08. The van der Waals surface area contributed by atoms with Crippen LogP contribution in [0.15, 0.2) is 22.9 Å². The Kier molecular flexibility index (Phi) is 4.01. The summed E-state index contributed by atoms with van der Waals surface area (Å²) in [4.78, 5) is 23.3. The van der Waals surface area contributed by atoms with Crippen LogP contribution in [0.3, 0.4) is 0 Å². The molecule has 3 rings (SSSR count). The van der Waals surface area contributed by atoms with Crippen LogP contribution in [-0.2, 0) is 11.2 Å². The van der Waals surface area contributed by atoms with Gasteiger partial charge in [0.1, 0.15) is 5.82 Å². The topological polar surface area (TPSA) is 46.1 Å². The summed E-state index contributed by atoms with van der Waals surface area (Å²) in [7, 11) is 0. The van der Waals surface area contributed by atoms with Gasteiger partial charge in [0.25, 0.3) is 0 Å². The van der Waals surface area contributed by atoms with E-state index in [-0.39, 0.29) is 11.8 Å². The number of aromatic nitrogens is 2. The molecule has 0 N–H and O–H groups in total. The summed E-state index contributed by atoms with van der Waals surface area (Å²) in [5, 5.41) is 4.05. The molecule has 0 aliphatic carbocycles. The van der Waals surface area contributed by atoms with Gasteiger partial charge < -0.3 is 4.90 Å². The van der Waals surface area contributed by atoms with E-state index in [4.69, 9.17) is 0 Å². The standard InChI is InChI=1S/C16H19N3OS/c1-11-7-12(2)18-16(17-11)14-3-5-19(9-14)15(20)8-13-4-6-21-10-13/h4,6-7,10,14H,3,5,8-9H2,1-2H3/t14-/m1/s1. The Morgan fingerprint density at radius 3 is 2.81 bits per heavy atom. The fourth-order valence-electron chi connectivity index (χ4n) is 2.81. The largest absolute Gasteiger partial charge is 0.342 e. The number of hydrogen-bond acceptors (Lipinski definition) is 4. The molecule has 110 valence electrons. The zero-order valence-electron chi connectivity index (χ0n) is 12.4. The van der Waals surface area contributed by atoms with E-state index in [2.05, 4.69) is 9.97 Å². The summed E-state index contributed by atoms with van der Waals surface area (Å²) >= 11 is 1.63. The summed E-state index contributed by atoms with van der Waals surface area (Å²) in [6, 6.07) is 4.00. The number of nitrogens with zero attached hydrogens (tertiary/aromatic N) is 3. The summed E-state index contributed by atoms with van der Waals surface area (Å²) in [5.41, 5.74) is 3.11. The molecule has 1 aliphatic heterocycles. The molecule has 0 bridgehead atoms. The quantitative estimate of drug-likeness (QED) is 0.875. The molecule has 2 aromatic rings. The monoisotopic (exact) mass is 301 g/mol. The van der Waals surface area contributed by atoms with Crippen LogP contribution in [0.4, 0.5) is 0 Å². The highest BCUT2D eigenvalue weighted by Gasteiger charge is 2.29. The van der Waals surface area contributed by atoms with Crippen LogP contribution in [0.1, 0.15) is 35.1 Å². The van der Waals surface area contributed by atoms with Crippen molar-refractivity contribution in [3.8, 4) is 0 Å². The van der Waals surface area contributed by atoms with Crippen molar-refractivity contribution in [1.82, 2.24) is 14.9 Å². The minimum absolute atomic E-state index is 0.209. The van der Waals surface area contributed by atoms with Gasteiger partial charge in [-0.3, -0.25) is 4.79 Å². The smallest absolute Gasteiger partial charge is 0.227 e. The van der Waals surface area contributed by atoms with E-state index in [0.717, 1.165) is 42.3 Å². The molecule has 1 amide bonds. The Balaban J connectivity index is 1.66. The van der Waals surface area contributed by atoms with Crippen molar-refractivity contribution in [3.05, 3.63) is 45.7 Å². The fourth-order valence-corrected chi connectivity index (χ4v) is 3.48. The maximum absolute atomic E-state index is 12.3. The van der Waals surface area contributed by atoms with Gasteiger partial charge in [0.15, 0.2) is 0 Å². The van der Waals surface area contributed by atoms with E-state index in [1.165, 1.54) is 0 Å². The highest BCUT2D eigenvalue weighted by Crippen LogP contribution is 2.25. The lowest BCUT2D eigenvalue weighted by atomic mass is 10.1. The van der Waals surface area contributed by atoms with Crippen molar-refractivity contribution in [1.29, 1.82) is 0 Å². The van der Waals surface area contributed by atoms with E-state index in [9.17, 15) is 4.79 Å². The Hall–Kier alpha value is -1.75. The summed E-state index contributed by atoms with van der Waals surface area (Å²) < 4.78 is 0. The molecule has 1 fully saturated rings. The normalized spacial score (nSPS) is 18.2. The Labute approximate surface area is 128 Å². The van der Waals surface area contributed by atoms with Crippen LogP contribution in [0.25, 0.3) is 0 Å². The van der Waals surface area contributed by atoms with Crippen molar-refractivity contribution < 1.29 is 4.79 Å². The molecule has 21 heavy (non-hydrogen) atoms. The van der Waals surface area contributed by atoms with Crippen LogP contribution in [0, 0.1) is 13.8 Å². The maximum atomic E-state index is 12.3. The van der Waals surface area contributed by atoms with E-state index >= 15 is 0 Å². The molecule has 1 atom stereocenters. The van der Waals surface area contributed by atoms with Gasteiger partial charge in [-0.1, -0.05) is 0 Å². The molecule has 1 saturated heterocycles. The lowest BCUT2D eigenvalue weighted by molar-refractivity contribution is -0.129. The lowest BCUT2D eigenvalue weighted by Gasteiger charge is -2.16. The molecule has 2 aromatic heterocycles. The molecule has 0 radical (unpaired) electrons. The van der Waals surface area contributed by atoms with Crippen LogP contribution in [-0.4, -0.2) is 33.9 Å². The summed E-state index contributed by atoms with van der Waals surface area (Å²) in [6.07, 6.45) is 1.46. The molecule has 0 aromatic carbocycles. The van der Waals surface area contributed by atoms with Gasteiger partial charge in [-0.15, -0.1) is 0 Å². The van der Waals surface area contributed by atoms with Gasteiger partial charge in [0, 0.05) is 30.4 Å². The van der Waals surface area contributed by atoms with Gasteiger partial charge in [-0.25, -0.2) is 9.97 Å². The first-order valence-electron chi connectivity index (χ1n) is 7.23. The third-order valence-electron chi connectivity index (χ3n) is 3.84. The maximum Gasteiger partial charge on any atom is 0.227 e. The second kappa shape index (κ2) is 5.93. The van der Waals surface area contributed by atoms with Gasteiger partial charge in [0.2, 0.25) is 5.91 Å². The van der Waals surface area contributed by atoms with E-state index in [0.29, 0.717) is 6.42 Å². The van der Waals surface area contributed by atoms with Crippen LogP contribution < -0.4 is 0 Å². The van der Waals surface area contributed by atoms with Crippen LogP contribution >= 0.6 is 11.3 Å². The van der Waals surface area contributed by atoms with E-state index < -0.39 is 0 Å². The number of aryl methyl sites for hydroxylation is 2. The predicted molar refractivity (Wildman–Crippen MR) is 83.5 cm³/mol. The molecule has 4 nitrogen and oxygen atoms in total. The van der Waals surface area contributed by atoms with Crippen molar-refractivity contribution in [2.24, 2.45) is 0 Å². The predicted octanol–water partition coefficient (Wildman–Crippen LogP) is 2.71. The highest BCUT2D eigenvalue weighted by molar-refractivity contribution is 7.07. The number of amides is 1. The molecule has 1 aliphatic rings. The van der Waals surface area contributed by atoms with E-state index in [1.54, 1.807) is 11.3 Å². The number of carbonyl (C=O) groups is 1.